The first-order valence-electron chi connectivity index (χ1n) is 7.45. The predicted octanol–water partition coefficient (Wildman–Crippen LogP) is 0.628. The normalized spacial score (nSPS) is 25.5. The topological polar surface area (TPSA) is 81.9 Å². The summed E-state index contributed by atoms with van der Waals surface area (Å²) in [6, 6.07) is 0. The predicted molar refractivity (Wildman–Crippen MR) is 70.9 cm³/mol. The van der Waals surface area contributed by atoms with Crippen LogP contribution in [0.3, 0.4) is 0 Å². The molecule has 1 aliphatic heterocycles. The Labute approximate surface area is 118 Å². The van der Waals surface area contributed by atoms with E-state index in [1.54, 1.807) is 11.0 Å². The third kappa shape index (κ3) is 2.54. The summed E-state index contributed by atoms with van der Waals surface area (Å²) < 4.78 is 7.19. The molecule has 1 N–H and O–H groups in total. The Kier molecular flexibility index (Phi) is 3.95. The molecule has 1 saturated carbocycles. The van der Waals surface area contributed by atoms with Crippen LogP contribution in [0.4, 0.5) is 0 Å². The smallest absolute Gasteiger partial charge is 0.248 e. The summed E-state index contributed by atoms with van der Waals surface area (Å²) in [7, 11) is 0. The molecule has 0 spiro atoms. The molecule has 0 radical (unpaired) electrons. The first kappa shape index (κ1) is 13.5. The van der Waals surface area contributed by atoms with Gasteiger partial charge in [-0.25, -0.2) is 4.68 Å². The average Bonchev–Trinajstić information content (AvgIpc) is 3.18. The molecule has 1 aromatic heterocycles. The van der Waals surface area contributed by atoms with Crippen molar-refractivity contribution in [1.82, 2.24) is 25.5 Å². The Morgan fingerprint density at radius 1 is 1.35 bits per heavy atom. The van der Waals surface area contributed by atoms with Crippen molar-refractivity contribution in [2.75, 3.05) is 13.2 Å². The average molecular weight is 279 g/mol. The fraction of sp³-hybridized carbons (Fsp3) is 0.846. The van der Waals surface area contributed by atoms with E-state index in [2.05, 4.69) is 20.8 Å². The molecule has 2 heterocycles. The molecule has 110 valence electrons. The summed E-state index contributed by atoms with van der Waals surface area (Å²) in [6.45, 7) is 1.39. The summed E-state index contributed by atoms with van der Waals surface area (Å²) in [6.07, 6.45) is 8.66. The molecule has 1 unspecified atom stereocenters. The number of amides is 1. The van der Waals surface area contributed by atoms with Crippen molar-refractivity contribution < 1.29 is 9.53 Å². The van der Waals surface area contributed by atoms with E-state index in [1.165, 1.54) is 6.42 Å². The van der Waals surface area contributed by atoms with Gasteiger partial charge in [0.05, 0.1) is 6.10 Å². The molecule has 7 heteroatoms. The van der Waals surface area contributed by atoms with E-state index in [0.29, 0.717) is 6.54 Å². The van der Waals surface area contributed by atoms with Gasteiger partial charge in [0.25, 0.3) is 0 Å². The van der Waals surface area contributed by atoms with Crippen LogP contribution < -0.4 is 5.32 Å². The molecule has 2 aliphatic rings. The molecule has 1 aliphatic carbocycles. The zero-order valence-corrected chi connectivity index (χ0v) is 11.6. The number of carbonyl (C=O) groups is 1. The van der Waals surface area contributed by atoms with Gasteiger partial charge in [0.2, 0.25) is 5.91 Å². The highest BCUT2D eigenvalue weighted by Crippen LogP contribution is 2.34. The van der Waals surface area contributed by atoms with Gasteiger partial charge in [0.15, 0.2) is 0 Å². The van der Waals surface area contributed by atoms with Crippen molar-refractivity contribution >= 4 is 5.91 Å². The third-order valence-corrected chi connectivity index (χ3v) is 4.41. The van der Waals surface area contributed by atoms with Crippen LogP contribution in [-0.4, -0.2) is 45.4 Å². The molecular formula is C13H21N5O2. The van der Waals surface area contributed by atoms with Crippen LogP contribution in [0.5, 0.6) is 0 Å². The van der Waals surface area contributed by atoms with Crippen LogP contribution >= 0.6 is 0 Å². The lowest BCUT2D eigenvalue weighted by molar-refractivity contribution is -0.133. The maximum atomic E-state index is 12.7. The van der Waals surface area contributed by atoms with Gasteiger partial charge in [0.1, 0.15) is 11.9 Å². The number of rotatable bonds is 4. The zero-order chi connectivity index (χ0) is 13.8. The molecule has 7 nitrogen and oxygen atoms in total. The van der Waals surface area contributed by atoms with Gasteiger partial charge in [-0.15, -0.1) is 5.10 Å². The van der Waals surface area contributed by atoms with E-state index in [0.717, 1.165) is 45.1 Å². The fourth-order valence-electron chi connectivity index (χ4n) is 3.23. The van der Waals surface area contributed by atoms with Crippen molar-refractivity contribution in [2.24, 2.45) is 0 Å². The molecule has 20 heavy (non-hydrogen) atoms. The molecule has 3 rings (SSSR count). The van der Waals surface area contributed by atoms with E-state index in [1.807, 2.05) is 0 Å². The van der Waals surface area contributed by atoms with Gasteiger partial charge in [-0.3, -0.25) is 4.79 Å². The molecule has 1 aromatic rings. The van der Waals surface area contributed by atoms with E-state index in [4.69, 9.17) is 4.74 Å². The van der Waals surface area contributed by atoms with Gasteiger partial charge in [-0.05, 0) is 36.1 Å². The minimum absolute atomic E-state index is 0.0278. The second-order valence-electron chi connectivity index (χ2n) is 5.69. The summed E-state index contributed by atoms with van der Waals surface area (Å²) in [5.74, 6) is 0.0278. The van der Waals surface area contributed by atoms with Crippen LogP contribution in [0.2, 0.25) is 0 Å². The molecule has 2 fully saturated rings. The zero-order valence-electron chi connectivity index (χ0n) is 11.6. The second kappa shape index (κ2) is 5.87. The fourth-order valence-corrected chi connectivity index (χ4v) is 3.23. The number of tetrazole rings is 1. The summed E-state index contributed by atoms with van der Waals surface area (Å²) >= 11 is 0. The minimum atomic E-state index is -0.611. The molecule has 1 saturated heterocycles. The number of carbonyl (C=O) groups excluding carboxylic acids is 1. The number of nitrogens with zero attached hydrogens (tertiary/aromatic N) is 4. The Morgan fingerprint density at radius 3 is 2.85 bits per heavy atom. The Balaban J connectivity index is 1.70. The van der Waals surface area contributed by atoms with E-state index in [9.17, 15) is 4.79 Å². The van der Waals surface area contributed by atoms with Crippen LogP contribution in [0.1, 0.15) is 44.9 Å². The van der Waals surface area contributed by atoms with Crippen molar-refractivity contribution in [1.29, 1.82) is 0 Å². The maximum absolute atomic E-state index is 12.7. The van der Waals surface area contributed by atoms with E-state index < -0.39 is 5.54 Å². The highest BCUT2D eigenvalue weighted by atomic mass is 16.5. The van der Waals surface area contributed by atoms with Crippen LogP contribution in [0.15, 0.2) is 6.33 Å². The van der Waals surface area contributed by atoms with Crippen molar-refractivity contribution in [3.63, 3.8) is 0 Å². The standard InChI is InChI=1S/C13H21N5O2/c19-12(14-9-11-5-4-8-20-11)13(6-2-1-3-7-13)18-10-15-16-17-18/h10-11H,1-9H2,(H,14,19). The van der Waals surface area contributed by atoms with Gasteiger partial charge < -0.3 is 10.1 Å². The van der Waals surface area contributed by atoms with Gasteiger partial charge >= 0.3 is 0 Å². The third-order valence-electron chi connectivity index (χ3n) is 4.41. The van der Waals surface area contributed by atoms with Gasteiger partial charge in [-0.2, -0.15) is 0 Å². The number of aromatic nitrogens is 4. The lowest BCUT2D eigenvalue weighted by atomic mass is 9.81. The van der Waals surface area contributed by atoms with Crippen LogP contribution in [0, 0.1) is 0 Å². The summed E-state index contributed by atoms with van der Waals surface area (Å²) in [5.41, 5.74) is -0.611. The Hall–Kier alpha value is -1.50. The van der Waals surface area contributed by atoms with Gasteiger partial charge in [0, 0.05) is 13.2 Å². The Morgan fingerprint density at radius 2 is 2.20 bits per heavy atom. The lowest BCUT2D eigenvalue weighted by Crippen LogP contribution is -2.51. The van der Waals surface area contributed by atoms with E-state index in [-0.39, 0.29) is 12.0 Å². The molecule has 0 aromatic carbocycles. The monoisotopic (exact) mass is 279 g/mol. The summed E-state index contributed by atoms with van der Waals surface area (Å²) in [4.78, 5) is 12.7. The molecule has 0 bridgehead atoms. The highest BCUT2D eigenvalue weighted by Gasteiger charge is 2.42. The molecular weight excluding hydrogens is 258 g/mol. The number of hydrogen-bond donors (Lipinski definition) is 1. The van der Waals surface area contributed by atoms with Crippen LogP contribution in [-0.2, 0) is 15.1 Å². The second-order valence-corrected chi connectivity index (χ2v) is 5.69. The van der Waals surface area contributed by atoms with Crippen molar-refractivity contribution in [3.8, 4) is 0 Å². The number of hydrogen-bond acceptors (Lipinski definition) is 5. The maximum Gasteiger partial charge on any atom is 0.248 e. The lowest BCUT2D eigenvalue weighted by Gasteiger charge is -2.35. The molecule has 1 amide bonds. The van der Waals surface area contributed by atoms with Crippen molar-refractivity contribution in [3.05, 3.63) is 6.33 Å². The number of ether oxygens (including phenoxy) is 1. The van der Waals surface area contributed by atoms with Crippen LogP contribution in [0.25, 0.3) is 0 Å². The van der Waals surface area contributed by atoms with Crippen molar-refractivity contribution in [2.45, 2.75) is 56.6 Å². The largest absolute Gasteiger partial charge is 0.376 e. The SMILES string of the molecule is O=C(NCC1CCCO1)C1(n2cnnn2)CCCCC1. The first-order valence-corrected chi connectivity index (χ1v) is 7.45. The van der Waals surface area contributed by atoms with E-state index >= 15 is 0 Å². The number of nitrogens with one attached hydrogen (secondary N) is 1. The minimum Gasteiger partial charge on any atom is -0.376 e. The first-order chi connectivity index (χ1) is 9.81. The summed E-state index contributed by atoms with van der Waals surface area (Å²) in [5, 5.41) is 14.4. The van der Waals surface area contributed by atoms with Gasteiger partial charge in [-0.1, -0.05) is 19.3 Å². The molecule has 1 atom stereocenters. The highest BCUT2D eigenvalue weighted by molar-refractivity contribution is 5.84. The quantitative estimate of drug-likeness (QED) is 0.874. The Bertz CT molecular complexity index is 436.